The van der Waals surface area contributed by atoms with E-state index in [9.17, 15) is 14.7 Å². The summed E-state index contributed by atoms with van der Waals surface area (Å²) in [6, 6.07) is 6.34. The van der Waals surface area contributed by atoms with Crippen LogP contribution in [-0.2, 0) is 9.59 Å². The molecule has 1 aromatic rings. The van der Waals surface area contributed by atoms with E-state index in [0.717, 1.165) is 25.9 Å². The number of benzene rings is 1. The van der Waals surface area contributed by atoms with Crippen molar-refractivity contribution in [3.63, 3.8) is 0 Å². The summed E-state index contributed by atoms with van der Waals surface area (Å²) < 4.78 is 0. The second kappa shape index (κ2) is 7.46. The molecule has 136 valence electrons. The highest BCUT2D eigenvalue weighted by Gasteiger charge is 2.38. The number of aryl methyl sites for hydroxylation is 1. The lowest BCUT2D eigenvalue weighted by Gasteiger charge is -2.39. The second-order valence-corrected chi connectivity index (χ2v) is 7.37. The molecule has 1 aliphatic carbocycles. The van der Waals surface area contributed by atoms with Gasteiger partial charge in [0, 0.05) is 31.9 Å². The molecule has 1 heterocycles. The molecule has 1 N–H and O–H groups in total. The summed E-state index contributed by atoms with van der Waals surface area (Å²) in [4.78, 5) is 28.6. The molecule has 2 fully saturated rings. The molecule has 1 saturated heterocycles. The highest BCUT2D eigenvalue weighted by Crippen LogP contribution is 2.32. The van der Waals surface area contributed by atoms with Crippen LogP contribution in [-0.4, -0.2) is 48.1 Å². The van der Waals surface area contributed by atoms with Crippen LogP contribution in [0.5, 0.6) is 0 Å². The largest absolute Gasteiger partial charge is 0.481 e. The number of hydrogen-bond donors (Lipinski definition) is 1. The Hall–Kier alpha value is -2.04. The number of rotatable bonds is 3. The topological polar surface area (TPSA) is 60.9 Å². The van der Waals surface area contributed by atoms with Gasteiger partial charge in [0.15, 0.2) is 0 Å². The zero-order valence-electron chi connectivity index (χ0n) is 15.2. The molecule has 5 nitrogen and oxygen atoms in total. The minimum atomic E-state index is -0.813. The summed E-state index contributed by atoms with van der Waals surface area (Å²) in [6.45, 7) is 7.22. The van der Waals surface area contributed by atoms with Crippen molar-refractivity contribution in [1.29, 1.82) is 0 Å². The zero-order valence-corrected chi connectivity index (χ0v) is 15.2. The maximum Gasteiger partial charge on any atom is 0.307 e. The molecule has 25 heavy (non-hydrogen) atoms. The molecule has 3 rings (SSSR count). The Morgan fingerprint density at radius 2 is 1.64 bits per heavy atom. The average molecular weight is 344 g/mol. The number of nitrogens with zero attached hydrogens (tertiary/aromatic N) is 2. The smallest absolute Gasteiger partial charge is 0.307 e. The van der Waals surface area contributed by atoms with Gasteiger partial charge in [0.05, 0.1) is 11.8 Å². The quantitative estimate of drug-likeness (QED) is 0.916. The molecule has 1 aromatic carbocycles. The van der Waals surface area contributed by atoms with Crippen LogP contribution in [0.15, 0.2) is 18.2 Å². The predicted molar refractivity (Wildman–Crippen MR) is 97.8 cm³/mol. The fourth-order valence-electron chi connectivity index (χ4n) is 4.20. The van der Waals surface area contributed by atoms with Crippen LogP contribution in [0.4, 0.5) is 5.69 Å². The van der Waals surface area contributed by atoms with E-state index in [0.29, 0.717) is 25.9 Å². The second-order valence-electron chi connectivity index (χ2n) is 7.37. The van der Waals surface area contributed by atoms with E-state index in [1.165, 1.54) is 16.8 Å². The van der Waals surface area contributed by atoms with Crippen molar-refractivity contribution >= 4 is 17.6 Å². The molecule has 0 bridgehead atoms. The van der Waals surface area contributed by atoms with Gasteiger partial charge in [-0.3, -0.25) is 9.59 Å². The van der Waals surface area contributed by atoms with Gasteiger partial charge >= 0.3 is 5.97 Å². The predicted octanol–water partition coefficient (Wildman–Crippen LogP) is 2.84. The van der Waals surface area contributed by atoms with Gasteiger partial charge in [-0.1, -0.05) is 25.0 Å². The third-order valence-corrected chi connectivity index (χ3v) is 5.91. The van der Waals surface area contributed by atoms with Crippen LogP contribution in [0.1, 0.15) is 36.8 Å². The molecule has 0 unspecified atom stereocenters. The highest BCUT2D eigenvalue weighted by molar-refractivity contribution is 5.85. The molecule has 0 spiro atoms. The molecule has 5 heteroatoms. The van der Waals surface area contributed by atoms with E-state index < -0.39 is 11.9 Å². The summed E-state index contributed by atoms with van der Waals surface area (Å²) in [5, 5.41) is 9.42. The average Bonchev–Trinajstić information content (AvgIpc) is 2.63. The van der Waals surface area contributed by atoms with Gasteiger partial charge in [-0.2, -0.15) is 0 Å². The van der Waals surface area contributed by atoms with Crippen LogP contribution >= 0.6 is 0 Å². The van der Waals surface area contributed by atoms with Gasteiger partial charge < -0.3 is 14.9 Å². The first-order chi connectivity index (χ1) is 12.0. The van der Waals surface area contributed by atoms with E-state index >= 15 is 0 Å². The molecule has 2 aliphatic rings. The Kier molecular flexibility index (Phi) is 5.30. The zero-order chi connectivity index (χ0) is 18.0. The van der Waals surface area contributed by atoms with Gasteiger partial charge in [-0.05, 0) is 43.9 Å². The summed E-state index contributed by atoms with van der Waals surface area (Å²) in [7, 11) is 0. The van der Waals surface area contributed by atoms with Crippen molar-refractivity contribution < 1.29 is 14.7 Å². The first kappa shape index (κ1) is 17.8. The summed E-state index contributed by atoms with van der Waals surface area (Å²) in [6.07, 6.45) is 3.23. The van der Waals surface area contributed by atoms with Gasteiger partial charge in [-0.15, -0.1) is 0 Å². The molecule has 2 atom stereocenters. The van der Waals surface area contributed by atoms with Crippen molar-refractivity contribution in [1.82, 2.24) is 4.90 Å². The van der Waals surface area contributed by atoms with E-state index in [1.54, 1.807) is 0 Å². The first-order valence-corrected chi connectivity index (χ1v) is 9.32. The molecule has 1 saturated carbocycles. The first-order valence-electron chi connectivity index (χ1n) is 9.32. The number of carboxylic acids is 1. The number of hydrogen-bond acceptors (Lipinski definition) is 3. The van der Waals surface area contributed by atoms with Crippen molar-refractivity contribution in [3.8, 4) is 0 Å². The van der Waals surface area contributed by atoms with Crippen molar-refractivity contribution in [3.05, 3.63) is 29.3 Å². The number of piperazine rings is 1. The Labute approximate surface area is 149 Å². The van der Waals surface area contributed by atoms with Crippen LogP contribution in [0, 0.1) is 25.7 Å². The van der Waals surface area contributed by atoms with E-state index in [1.807, 2.05) is 4.90 Å². The molecular formula is C20H28N2O3. The standard InChI is InChI=1S/C20H28N2O3/c1-14-6-5-9-18(15(14)2)21-10-12-22(13-11-21)19(23)16-7-3-4-8-17(16)20(24)25/h5-6,9,16-17H,3-4,7-8,10-13H2,1-2H3,(H,24,25)/t16-,17+/m1/s1. The Balaban J connectivity index is 1.64. The molecule has 1 amide bonds. The molecule has 1 aliphatic heterocycles. The van der Waals surface area contributed by atoms with Crippen molar-refractivity contribution in [2.45, 2.75) is 39.5 Å². The Morgan fingerprint density at radius 1 is 1.00 bits per heavy atom. The minimum Gasteiger partial charge on any atom is -0.481 e. The van der Waals surface area contributed by atoms with Crippen LogP contribution in [0.3, 0.4) is 0 Å². The number of carboxylic acid groups (broad SMARTS) is 1. The summed E-state index contributed by atoms with van der Waals surface area (Å²) >= 11 is 0. The third kappa shape index (κ3) is 3.65. The monoisotopic (exact) mass is 344 g/mol. The SMILES string of the molecule is Cc1cccc(N2CCN(C(=O)[C@@H]3CCCC[C@@H]3C(=O)O)CC2)c1C. The van der Waals surface area contributed by atoms with Crippen LogP contribution in [0.2, 0.25) is 0 Å². The lowest BCUT2D eigenvalue weighted by molar-refractivity contribution is -0.152. The lowest BCUT2D eigenvalue weighted by Crippen LogP contribution is -2.52. The number of carbonyl (C=O) groups is 2. The number of carbonyl (C=O) groups excluding carboxylic acids is 1. The van der Waals surface area contributed by atoms with Gasteiger partial charge in [0.2, 0.25) is 5.91 Å². The van der Waals surface area contributed by atoms with E-state index in [2.05, 4.69) is 36.9 Å². The van der Waals surface area contributed by atoms with E-state index in [4.69, 9.17) is 0 Å². The number of anilines is 1. The molecule has 0 aromatic heterocycles. The minimum absolute atomic E-state index is 0.0488. The number of amides is 1. The van der Waals surface area contributed by atoms with E-state index in [-0.39, 0.29) is 11.8 Å². The number of aliphatic carboxylic acids is 1. The summed E-state index contributed by atoms with van der Waals surface area (Å²) in [5.41, 5.74) is 3.82. The highest BCUT2D eigenvalue weighted by atomic mass is 16.4. The maximum atomic E-state index is 12.9. The van der Waals surface area contributed by atoms with Gasteiger partial charge in [0.25, 0.3) is 0 Å². The fourth-order valence-corrected chi connectivity index (χ4v) is 4.20. The molecule has 0 radical (unpaired) electrons. The van der Waals surface area contributed by atoms with Crippen LogP contribution in [0.25, 0.3) is 0 Å². The summed E-state index contributed by atoms with van der Waals surface area (Å²) in [5.74, 6) is -1.60. The van der Waals surface area contributed by atoms with Gasteiger partial charge in [0.1, 0.15) is 0 Å². The lowest BCUT2D eigenvalue weighted by atomic mass is 9.78. The van der Waals surface area contributed by atoms with Gasteiger partial charge in [-0.25, -0.2) is 0 Å². The normalized spacial score (nSPS) is 24.2. The maximum absolute atomic E-state index is 12.9. The third-order valence-electron chi connectivity index (χ3n) is 5.91. The molecular weight excluding hydrogens is 316 g/mol. The van der Waals surface area contributed by atoms with Crippen molar-refractivity contribution in [2.75, 3.05) is 31.1 Å². The fraction of sp³-hybridized carbons (Fsp3) is 0.600. The Bertz CT molecular complexity index is 650. The van der Waals surface area contributed by atoms with Crippen molar-refractivity contribution in [2.24, 2.45) is 11.8 Å². The van der Waals surface area contributed by atoms with Crippen LogP contribution < -0.4 is 4.90 Å². The Morgan fingerprint density at radius 3 is 2.28 bits per heavy atom.